The predicted molar refractivity (Wildman–Crippen MR) is 47.3 cm³/mol. The van der Waals surface area contributed by atoms with Crippen molar-refractivity contribution in [3.63, 3.8) is 0 Å². The summed E-state index contributed by atoms with van der Waals surface area (Å²) in [5.74, 6) is -0.606. The summed E-state index contributed by atoms with van der Waals surface area (Å²) in [6.45, 7) is 0. The smallest absolute Gasteiger partial charge is 0.263 e. The molecule has 1 aliphatic heterocycles. The molecule has 0 radical (unpaired) electrons. The van der Waals surface area contributed by atoms with Crippen LogP contribution in [-0.2, 0) is 0 Å². The lowest BCUT2D eigenvalue weighted by atomic mass is 10.3. The highest BCUT2D eigenvalue weighted by Gasteiger charge is 2.33. The van der Waals surface area contributed by atoms with Gasteiger partial charge in [-0.1, -0.05) is 6.07 Å². The van der Waals surface area contributed by atoms with Gasteiger partial charge in [0, 0.05) is 12.7 Å². The van der Waals surface area contributed by atoms with E-state index in [2.05, 4.69) is 0 Å². The molecular formula is C9H8N2O2. The molecule has 0 unspecified atom stereocenters. The summed E-state index contributed by atoms with van der Waals surface area (Å²) < 4.78 is 0. The number of carbonyl (C=O) groups excluding carboxylic acids is 2. The number of anilines is 1. The van der Waals surface area contributed by atoms with Crippen LogP contribution in [0.2, 0.25) is 0 Å². The van der Waals surface area contributed by atoms with Crippen molar-refractivity contribution >= 4 is 17.5 Å². The molecule has 4 heteroatoms. The Labute approximate surface area is 74.9 Å². The van der Waals surface area contributed by atoms with E-state index < -0.39 is 0 Å². The quantitative estimate of drug-likeness (QED) is 0.467. The Morgan fingerprint density at radius 2 is 1.92 bits per heavy atom. The monoisotopic (exact) mass is 180 g/mol. The fourth-order valence-corrected chi connectivity index (χ4v) is 1.43. The maximum absolute atomic E-state index is 11.5. The summed E-state index contributed by atoms with van der Waals surface area (Å²) in [5, 5.41) is 0. The van der Waals surface area contributed by atoms with E-state index in [1.165, 1.54) is 7.05 Å². The molecule has 0 saturated heterocycles. The number of hydrogen-bond donors (Lipinski definition) is 1. The summed E-state index contributed by atoms with van der Waals surface area (Å²) in [6, 6.07) is 4.89. The lowest BCUT2D eigenvalue weighted by Crippen LogP contribution is -2.24. The summed E-state index contributed by atoms with van der Waals surface area (Å²) >= 11 is 0. The maximum Gasteiger partial charge on any atom is 0.263 e. The Morgan fingerprint density at radius 1 is 1.23 bits per heavy atom. The fourth-order valence-electron chi connectivity index (χ4n) is 1.43. The molecule has 1 aromatic rings. The number of carbonyl (C=O) groups is 2. The van der Waals surface area contributed by atoms with Crippen LogP contribution in [0.5, 0.6) is 0 Å². The molecule has 1 aliphatic rings. The first-order valence-corrected chi connectivity index (χ1v) is 3.84. The Morgan fingerprint density at radius 3 is 2.54 bits per heavy atom. The Bertz CT molecular complexity index is 412. The summed E-state index contributed by atoms with van der Waals surface area (Å²) in [5.41, 5.74) is 6.67. The van der Waals surface area contributed by atoms with E-state index in [0.29, 0.717) is 16.8 Å². The van der Waals surface area contributed by atoms with Crippen molar-refractivity contribution in [2.75, 3.05) is 12.8 Å². The molecule has 1 aromatic carbocycles. The highest BCUT2D eigenvalue weighted by Crippen LogP contribution is 2.25. The Balaban J connectivity index is 2.74. The van der Waals surface area contributed by atoms with E-state index in [1.54, 1.807) is 18.2 Å². The number of rotatable bonds is 0. The molecule has 2 rings (SSSR count). The summed E-state index contributed by atoms with van der Waals surface area (Å²) in [4.78, 5) is 23.9. The van der Waals surface area contributed by atoms with Gasteiger partial charge >= 0.3 is 0 Å². The second kappa shape index (κ2) is 2.32. The molecule has 66 valence electrons. The van der Waals surface area contributed by atoms with Gasteiger partial charge in [0.25, 0.3) is 11.8 Å². The van der Waals surface area contributed by atoms with E-state index in [9.17, 15) is 9.59 Å². The average Bonchev–Trinajstić information content (AvgIpc) is 2.33. The molecule has 0 spiro atoms. The zero-order valence-electron chi connectivity index (χ0n) is 7.07. The largest absolute Gasteiger partial charge is 0.398 e. The summed E-state index contributed by atoms with van der Waals surface area (Å²) in [6.07, 6.45) is 0. The van der Waals surface area contributed by atoms with Crippen LogP contribution >= 0.6 is 0 Å². The molecule has 0 atom stereocenters. The molecule has 0 aliphatic carbocycles. The van der Waals surface area contributed by atoms with Gasteiger partial charge in [-0.25, -0.2) is 0 Å². The first-order valence-electron chi connectivity index (χ1n) is 3.84. The van der Waals surface area contributed by atoms with Gasteiger partial charge in [-0.15, -0.1) is 0 Å². The Hall–Kier alpha value is -1.84. The third-order valence-corrected chi connectivity index (χ3v) is 2.15. The van der Waals surface area contributed by atoms with E-state index >= 15 is 0 Å². The standard InChI is InChI=1S/C9H8N2O2/c1-11-8(12)5-3-2-4-6(10)7(5)9(11)13/h2-4H,10H2,1H3/i2+1,3+1,4+1,6+1. The van der Waals surface area contributed by atoms with Gasteiger partial charge < -0.3 is 5.73 Å². The second-order valence-corrected chi connectivity index (χ2v) is 2.94. The van der Waals surface area contributed by atoms with Gasteiger partial charge in [-0.2, -0.15) is 0 Å². The van der Waals surface area contributed by atoms with Crippen molar-refractivity contribution in [2.45, 2.75) is 0 Å². The lowest BCUT2D eigenvalue weighted by Gasteiger charge is -2.03. The minimum Gasteiger partial charge on any atom is -0.398 e. The SMILES string of the molecule is CN1C(=O)c2[13cH][13cH][13cH][13c](N)c2C1=O. The number of benzene rings is 1. The average molecular weight is 180 g/mol. The van der Waals surface area contributed by atoms with Gasteiger partial charge in [-0.05, 0) is 12.1 Å². The number of hydrogen-bond acceptors (Lipinski definition) is 3. The zero-order chi connectivity index (χ0) is 9.59. The van der Waals surface area contributed by atoms with Crippen LogP contribution in [-0.4, -0.2) is 23.8 Å². The van der Waals surface area contributed by atoms with Crippen LogP contribution in [0, 0.1) is 0 Å². The lowest BCUT2D eigenvalue weighted by molar-refractivity contribution is 0.0693. The molecule has 2 N–H and O–H groups in total. The first-order chi connectivity index (χ1) is 6.13. The first kappa shape index (κ1) is 7.79. The zero-order valence-corrected chi connectivity index (χ0v) is 7.07. The van der Waals surface area contributed by atoms with Crippen molar-refractivity contribution < 1.29 is 9.59 Å². The second-order valence-electron chi connectivity index (χ2n) is 2.94. The molecule has 13 heavy (non-hydrogen) atoms. The van der Waals surface area contributed by atoms with Crippen LogP contribution in [0.25, 0.3) is 0 Å². The van der Waals surface area contributed by atoms with Crippen LogP contribution in [0.4, 0.5) is 5.69 Å². The van der Waals surface area contributed by atoms with E-state index in [-0.39, 0.29) is 11.8 Å². The molecule has 0 saturated carbocycles. The molecule has 4 nitrogen and oxygen atoms in total. The number of nitrogens with two attached hydrogens (primary N) is 1. The van der Waals surface area contributed by atoms with Crippen molar-refractivity contribution in [3.05, 3.63) is 29.3 Å². The topological polar surface area (TPSA) is 63.4 Å². The van der Waals surface area contributed by atoms with Crippen LogP contribution in [0.15, 0.2) is 18.2 Å². The van der Waals surface area contributed by atoms with E-state index in [1.807, 2.05) is 0 Å². The molecule has 1 heterocycles. The van der Waals surface area contributed by atoms with Gasteiger partial charge in [0.15, 0.2) is 0 Å². The normalized spacial score (nSPS) is 15.0. The third-order valence-electron chi connectivity index (χ3n) is 2.15. The molecule has 0 fully saturated rings. The molecule has 2 amide bonds. The van der Waals surface area contributed by atoms with Crippen LogP contribution < -0.4 is 5.73 Å². The van der Waals surface area contributed by atoms with Crippen LogP contribution in [0.3, 0.4) is 0 Å². The van der Waals surface area contributed by atoms with E-state index in [4.69, 9.17) is 5.73 Å². The number of nitrogen functional groups attached to an aromatic ring is 1. The van der Waals surface area contributed by atoms with Gasteiger partial charge in [0.1, 0.15) is 0 Å². The maximum atomic E-state index is 11.5. The fraction of sp³-hybridized carbons (Fsp3) is 0.111. The third kappa shape index (κ3) is 0.853. The molecule has 0 bridgehead atoms. The molecule has 0 aromatic heterocycles. The van der Waals surface area contributed by atoms with Crippen molar-refractivity contribution in [3.8, 4) is 0 Å². The van der Waals surface area contributed by atoms with Crippen molar-refractivity contribution in [1.82, 2.24) is 4.90 Å². The predicted octanol–water partition coefficient (Wildman–Crippen LogP) is 0.495. The van der Waals surface area contributed by atoms with E-state index in [0.717, 1.165) is 4.90 Å². The van der Waals surface area contributed by atoms with Gasteiger partial charge in [0.05, 0.1) is 11.1 Å². The summed E-state index contributed by atoms with van der Waals surface area (Å²) in [7, 11) is 1.45. The van der Waals surface area contributed by atoms with Crippen molar-refractivity contribution in [2.24, 2.45) is 0 Å². The molecular weight excluding hydrogens is 172 g/mol. The number of amides is 2. The van der Waals surface area contributed by atoms with Gasteiger partial charge in [0.2, 0.25) is 0 Å². The van der Waals surface area contributed by atoms with Crippen LogP contribution in [0.1, 0.15) is 20.7 Å². The van der Waals surface area contributed by atoms with Gasteiger partial charge in [-0.3, -0.25) is 14.5 Å². The number of fused-ring (bicyclic) bond motifs is 1. The minimum atomic E-state index is -0.321. The number of nitrogens with zero attached hydrogens (tertiary/aromatic N) is 1. The minimum absolute atomic E-state index is 0.285. The number of imide groups is 1. The van der Waals surface area contributed by atoms with Crippen molar-refractivity contribution in [1.29, 1.82) is 0 Å². The highest BCUT2D eigenvalue weighted by molar-refractivity contribution is 6.23. The Kier molecular flexibility index (Phi) is 1.39. The highest BCUT2D eigenvalue weighted by atomic mass is 16.2.